The van der Waals surface area contributed by atoms with E-state index in [1.165, 1.54) is 154 Å². The summed E-state index contributed by atoms with van der Waals surface area (Å²) in [5.74, 6) is -0.0674. The molecule has 4 nitrogen and oxygen atoms in total. The summed E-state index contributed by atoms with van der Waals surface area (Å²) in [6.45, 7) is 4.29. The van der Waals surface area contributed by atoms with Gasteiger partial charge in [0.15, 0.2) is 0 Å². The molecule has 0 aromatic carbocycles. The standard InChI is InChI=1S/C39H75NO3/c1-3-5-7-9-11-13-15-17-18-19-20-21-22-23-25-27-29-31-33-35-39(43)40-37(36-41)38(42)34-32-30-28-26-24-16-14-12-10-8-6-4-2/h17-18,32,34,37-38,41-42H,3-16,19-31,33,35-36H2,1-2H3,(H,40,43)/b18-17-,34-32+. The molecule has 0 aromatic heterocycles. The summed E-state index contributed by atoms with van der Waals surface area (Å²) in [5.41, 5.74) is 0. The Morgan fingerprint density at radius 3 is 1.28 bits per heavy atom. The molecule has 0 aromatic rings. The lowest BCUT2D eigenvalue weighted by atomic mass is 10.0. The van der Waals surface area contributed by atoms with Gasteiger partial charge in [0.05, 0.1) is 18.8 Å². The lowest BCUT2D eigenvalue weighted by molar-refractivity contribution is -0.123. The van der Waals surface area contributed by atoms with E-state index < -0.39 is 12.1 Å². The number of unbranched alkanes of at least 4 members (excludes halogenated alkanes) is 25. The number of nitrogens with one attached hydrogen (secondary N) is 1. The Labute approximate surface area is 269 Å². The zero-order valence-corrected chi connectivity index (χ0v) is 29.0. The Morgan fingerprint density at radius 1 is 0.535 bits per heavy atom. The van der Waals surface area contributed by atoms with E-state index in [2.05, 4.69) is 31.3 Å². The van der Waals surface area contributed by atoms with Crippen molar-refractivity contribution in [1.82, 2.24) is 5.32 Å². The molecule has 0 saturated heterocycles. The maximum Gasteiger partial charge on any atom is 0.220 e. The number of carbonyl (C=O) groups excluding carboxylic acids is 1. The highest BCUT2D eigenvalue weighted by Crippen LogP contribution is 2.14. The van der Waals surface area contributed by atoms with Gasteiger partial charge in [-0.1, -0.05) is 173 Å². The predicted molar refractivity (Wildman–Crippen MR) is 189 cm³/mol. The minimum atomic E-state index is -0.835. The van der Waals surface area contributed by atoms with Crippen molar-refractivity contribution in [3.05, 3.63) is 24.3 Å². The van der Waals surface area contributed by atoms with E-state index >= 15 is 0 Å². The van der Waals surface area contributed by atoms with Crippen molar-refractivity contribution in [2.75, 3.05) is 6.61 Å². The van der Waals surface area contributed by atoms with E-state index in [1.54, 1.807) is 6.08 Å². The zero-order chi connectivity index (χ0) is 31.5. The predicted octanol–water partition coefficient (Wildman–Crippen LogP) is 11.3. The molecule has 0 bridgehead atoms. The first-order valence-corrected chi connectivity index (χ1v) is 19.1. The van der Waals surface area contributed by atoms with Gasteiger partial charge in [0.25, 0.3) is 0 Å². The highest BCUT2D eigenvalue weighted by molar-refractivity contribution is 5.76. The summed E-state index contributed by atoms with van der Waals surface area (Å²) in [6, 6.07) is -0.618. The van der Waals surface area contributed by atoms with E-state index in [4.69, 9.17) is 0 Å². The average Bonchev–Trinajstić information content (AvgIpc) is 3.01. The molecule has 0 heterocycles. The molecule has 3 N–H and O–H groups in total. The third kappa shape index (κ3) is 32.1. The Kier molecular flexibility index (Phi) is 34.4. The van der Waals surface area contributed by atoms with Gasteiger partial charge < -0.3 is 15.5 Å². The second-order valence-corrected chi connectivity index (χ2v) is 13.0. The SMILES string of the molecule is CCCCCCCC/C=C\CCCCCCCCCCCC(=O)NC(CO)C(O)/C=C/CCCCCCCCCCCC. The van der Waals surface area contributed by atoms with Gasteiger partial charge in [0, 0.05) is 6.42 Å². The summed E-state index contributed by atoms with van der Waals surface area (Å²) in [6.07, 6.45) is 44.0. The third-order valence-corrected chi connectivity index (χ3v) is 8.68. The van der Waals surface area contributed by atoms with Crippen LogP contribution in [0.2, 0.25) is 0 Å². The average molecular weight is 606 g/mol. The van der Waals surface area contributed by atoms with Gasteiger partial charge in [-0.05, 0) is 44.9 Å². The summed E-state index contributed by atoms with van der Waals surface area (Å²) < 4.78 is 0. The van der Waals surface area contributed by atoms with Gasteiger partial charge in [-0.25, -0.2) is 0 Å². The van der Waals surface area contributed by atoms with Crippen molar-refractivity contribution in [1.29, 1.82) is 0 Å². The van der Waals surface area contributed by atoms with Gasteiger partial charge in [-0.2, -0.15) is 0 Å². The van der Waals surface area contributed by atoms with Crippen LogP contribution >= 0.6 is 0 Å². The van der Waals surface area contributed by atoms with Crippen molar-refractivity contribution in [2.45, 2.75) is 212 Å². The van der Waals surface area contributed by atoms with Crippen LogP contribution < -0.4 is 5.32 Å². The Morgan fingerprint density at radius 2 is 0.884 bits per heavy atom. The van der Waals surface area contributed by atoms with Gasteiger partial charge in [-0.3, -0.25) is 4.79 Å². The lowest BCUT2D eigenvalue weighted by Crippen LogP contribution is -2.45. The Bertz CT molecular complexity index is 618. The van der Waals surface area contributed by atoms with Gasteiger partial charge in [0.1, 0.15) is 0 Å². The lowest BCUT2D eigenvalue weighted by Gasteiger charge is -2.20. The van der Waals surface area contributed by atoms with E-state index in [0.29, 0.717) is 6.42 Å². The topological polar surface area (TPSA) is 69.6 Å². The molecule has 0 fully saturated rings. The van der Waals surface area contributed by atoms with Crippen LogP contribution in [-0.2, 0) is 4.79 Å². The fraction of sp³-hybridized carbons (Fsp3) is 0.872. The second-order valence-electron chi connectivity index (χ2n) is 13.0. The number of rotatable bonds is 34. The van der Waals surface area contributed by atoms with Crippen molar-refractivity contribution >= 4 is 5.91 Å². The number of hydrogen-bond acceptors (Lipinski definition) is 3. The van der Waals surface area contributed by atoms with Crippen molar-refractivity contribution in [2.24, 2.45) is 0 Å². The van der Waals surface area contributed by atoms with Gasteiger partial charge in [-0.15, -0.1) is 0 Å². The van der Waals surface area contributed by atoms with Gasteiger partial charge >= 0.3 is 0 Å². The second kappa shape index (κ2) is 35.4. The van der Waals surface area contributed by atoms with Crippen LogP contribution in [0.5, 0.6) is 0 Å². The quantitative estimate of drug-likeness (QED) is 0.0505. The highest BCUT2D eigenvalue weighted by atomic mass is 16.3. The van der Waals surface area contributed by atoms with Crippen LogP contribution in [0.1, 0.15) is 200 Å². The molecular weight excluding hydrogens is 530 g/mol. The fourth-order valence-corrected chi connectivity index (χ4v) is 5.70. The molecule has 0 aliphatic heterocycles. The first kappa shape index (κ1) is 41.9. The van der Waals surface area contributed by atoms with E-state index in [9.17, 15) is 15.0 Å². The number of aliphatic hydroxyl groups is 2. The summed E-state index contributed by atoms with van der Waals surface area (Å²) in [5, 5.41) is 22.9. The normalized spacial score (nSPS) is 13.3. The third-order valence-electron chi connectivity index (χ3n) is 8.68. The van der Waals surface area contributed by atoms with Crippen molar-refractivity contribution in [3.63, 3.8) is 0 Å². The molecule has 1 amide bonds. The molecule has 254 valence electrons. The molecule has 0 rings (SSSR count). The Balaban J connectivity index is 3.58. The molecule has 2 unspecified atom stereocenters. The molecule has 0 spiro atoms. The van der Waals surface area contributed by atoms with Crippen LogP contribution in [0.25, 0.3) is 0 Å². The number of hydrogen-bond donors (Lipinski definition) is 3. The number of carbonyl (C=O) groups is 1. The van der Waals surface area contributed by atoms with E-state index in [-0.39, 0.29) is 12.5 Å². The van der Waals surface area contributed by atoms with Crippen LogP contribution in [0, 0.1) is 0 Å². The molecule has 0 aliphatic rings. The van der Waals surface area contributed by atoms with Gasteiger partial charge in [0.2, 0.25) is 5.91 Å². The molecule has 0 radical (unpaired) electrons. The van der Waals surface area contributed by atoms with E-state index in [1.807, 2.05) is 6.08 Å². The largest absolute Gasteiger partial charge is 0.394 e. The Hall–Kier alpha value is -1.13. The number of aliphatic hydroxyl groups excluding tert-OH is 2. The van der Waals surface area contributed by atoms with Crippen LogP contribution in [0.4, 0.5) is 0 Å². The van der Waals surface area contributed by atoms with Crippen LogP contribution in [0.15, 0.2) is 24.3 Å². The summed E-state index contributed by atoms with van der Waals surface area (Å²) >= 11 is 0. The first-order valence-electron chi connectivity index (χ1n) is 19.1. The van der Waals surface area contributed by atoms with Crippen LogP contribution in [-0.4, -0.2) is 34.9 Å². The van der Waals surface area contributed by atoms with Crippen LogP contribution in [0.3, 0.4) is 0 Å². The zero-order valence-electron chi connectivity index (χ0n) is 29.0. The number of amides is 1. The van der Waals surface area contributed by atoms with Crippen molar-refractivity contribution in [3.8, 4) is 0 Å². The fourth-order valence-electron chi connectivity index (χ4n) is 5.70. The van der Waals surface area contributed by atoms with Crippen molar-refractivity contribution < 1.29 is 15.0 Å². The molecule has 0 aliphatic carbocycles. The smallest absolute Gasteiger partial charge is 0.220 e. The number of allylic oxidation sites excluding steroid dienone is 3. The maximum absolute atomic E-state index is 12.3. The highest BCUT2D eigenvalue weighted by Gasteiger charge is 2.17. The first-order chi connectivity index (χ1) is 21.2. The summed E-state index contributed by atoms with van der Waals surface area (Å²) in [7, 11) is 0. The maximum atomic E-state index is 12.3. The molecule has 0 saturated carbocycles. The molecular formula is C39H75NO3. The monoisotopic (exact) mass is 606 g/mol. The summed E-state index contributed by atoms with van der Waals surface area (Å²) in [4.78, 5) is 12.3. The molecule has 4 heteroatoms. The minimum Gasteiger partial charge on any atom is -0.394 e. The minimum absolute atomic E-state index is 0.0674. The molecule has 43 heavy (non-hydrogen) atoms. The van der Waals surface area contributed by atoms with E-state index in [0.717, 1.165) is 25.7 Å². The molecule has 2 atom stereocenters.